The Hall–Kier alpha value is -1.58. The standard InChI is InChI=1S/C12H13FO3/c1-16-11-5-4-10(13)8-3-2-7(12(14)15)6-9(8)11/h4-5,7H,2-3,6H2,1H3,(H,14,15). The van der Waals surface area contributed by atoms with Crippen molar-refractivity contribution in [3.05, 3.63) is 29.1 Å². The maximum atomic E-state index is 13.5. The molecule has 0 bridgehead atoms. The molecule has 3 nitrogen and oxygen atoms in total. The summed E-state index contributed by atoms with van der Waals surface area (Å²) in [5, 5.41) is 8.96. The lowest BCUT2D eigenvalue weighted by molar-refractivity contribution is -0.142. The van der Waals surface area contributed by atoms with Gasteiger partial charge in [0.1, 0.15) is 11.6 Å². The third-order valence-electron chi connectivity index (χ3n) is 3.09. The molecule has 0 radical (unpaired) electrons. The summed E-state index contributed by atoms with van der Waals surface area (Å²) in [7, 11) is 1.51. The highest BCUT2D eigenvalue weighted by molar-refractivity contribution is 5.71. The van der Waals surface area contributed by atoms with Crippen molar-refractivity contribution in [3.8, 4) is 5.75 Å². The average Bonchev–Trinajstić information content (AvgIpc) is 2.29. The van der Waals surface area contributed by atoms with Crippen molar-refractivity contribution in [1.82, 2.24) is 0 Å². The van der Waals surface area contributed by atoms with E-state index >= 15 is 0 Å². The van der Waals surface area contributed by atoms with E-state index in [-0.39, 0.29) is 5.82 Å². The number of ether oxygens (including phenoxy) is 1. The van der Waals surface area contributed by atoms with Gasteiger partial charge in [0.05, 0.1) is 13.0 Å². The van der Waals surface area contributed by atoms with Crippen LogP contribution in [0.2, 0.25) is 0 Å². The van der Waals surface area contributed by atoms with Crippen molar-refractivity contribution in [2.45, 2.75) is 19.3 Å². The van der Waals surface area contributed by atoms with Crippen LogP contribution in [0.25, 0.3) is 0 Å². The van der Waals surface area contributed by atoms with Crippen LogP contribution in [0.4, 0.5) is 4.39 Å². The molecule has 0 saturated carbocycles. The van der Waals surface area contributed by atoms with Gasteiger partial charge >= 0.3 is 5.97 Å². The molecular formula is C12H13FO3. The molecule has 4 heteroatoms. The first-order valence-electron chi connectivity index (χ1n) is 5.20. The van der Waals surface area contributed by atoms with Gasteiger partial charge < -0.3 is 9.84 Å². The highest BCUT2D eigenvalue weighted by atomic mass is 19.1. The number of halogens is 1. The number of carboxylic acids is 1. The second kappa shape index (κ2) is 4.12. The maximum absolute atomic E-state index is 13.5. The molecule has 0 heterocycles. The molecule has 1 N–H and O–H groups in total. The molecule has 0 saturated heterocycles. The minimum atomic E-state index is -0.822. The van der Waals surface area contributed by atoms with Crippen molar-refractivity contribution in [3.63, 3.8) is 0 Å². The second-order valence-corrected chi connectivity index (χ2v) is 3.98. The number of aliphatic carboxylic acids is 1. The van der Waals surface area contributed by atoms with Crippen molar-refractivity contribution < 1.29 is 19.0 Å². The van der Waals surface area contributed by atoms with Gasteiger partial charge in [0.15, 0.2) is 0 Å². The molecule has 0 aromatic heterocycles. The number of carboxylic acid groups (broad SMARTS) is 1. The van der Waals surface area contributed by atoms with Crippen molar-refractivity contribution in [2.24, 2.45) is 5.92 Å². The zero-order valence-electron chi connectivity index (χ0n) is 9.00. The van der Waals surface area contributed by atoms with E-state index < -0.39 is 11.9 Å². The quantitative estimate of drug-likeness (QED) is 0.836. The van der Waals surface area contributed by atoms with Gasteiger partial charge in [-0.1, -0.05) is 0 Å². The molecule has 0 amide bonds. The molecule has 1 aliphatic rings. The first kappa shape index (κ1) is 10.9. The van der Waals surface area contributed by atoms with E-state index in [4.69, 9.17) is 9.84 Å². The Morgan fingerprint density at radius 1 is 1.50 bits per heavy atom. The topological polar surface area (TPSA) is 46.5 Å². The number of fused-ring (bicyclic) bond motifs is 1. The third-order valence-corrected chi connectivity index (χ3v) is 3.09. The summed E-state index contributed by atoms with van der Waals surface area (Å²) in [5.74, 6) is -0.929. The van der Waals surface area contributed by atoms with Crippen LogP contribution in [-0.2, 0) is 17.6 Å². The highest BCUT2D eigenvalue weighted by Crippen LogP contribution is 2.33. The van der Waals surface area contributed by atoms with Crippen LogP contribution in [0.3, 0.4) is 0 Å². The summed E-state index contributed by atoms with van der Waals surface area (Å²) in [6, 6.07) is 2.93. The van der Waals surface area contributed by atoms with Gasteiger partial charge in [0.25, 0.3) is 0 Å². The summed E-state index contributed by atoms with van der Waals surface area (Å²) in [6.07, 6.45) is 1.31. The van der Waals surface area contributed by atoms with Crippen LogP contribution in [0.1, 0.15) is 17.5 Å². The fourth-order valence-electron chi connectivity index (χ4n) is 2.21. The molecule has 0 fully saturated rings. The summed E-state index contributed by atoms with van der Waals surface area (Å²) < 4.78 is 18.6. The van der Waals surface area contributed by atoms with E-state index in [0.29, 0.717) is 36.1 Å². The lowest BCUT2D eigenvalue weighted by atomic mass is 9.83. The summed E-state index contributed by atoms with van der Waals surface area (Å²) in [4.78, 5) is 10.9. The normalized spacial score (nSPS) is 19.0. The first-order valence-corrected chi connectivity index (χ1v) is 5.20. The molecule has 2 rings (SSSR count). The van der Waals surface area contributed by atoms with Gasteiger partial charge in [-0.05, 0) is 37.0 Å². The van der Waals surface area contributed by atoms with Crippen LogP contribution in [0.5, 0.6) is 5.75 Å². The molecule has 1 unspecified atom stereocenters. The van der Waals surface area contributed by atoms with Crippen molar-refractivity contribution in [2.75, 3.05) is 7.11 Å². The minimum absolute atomic E-state index is 0.264. The largest absolute Gasteiger partial charge is 0.496 e. The van der Waals surface area contributed by atoms with E-state index in [2.05, 4.69) is 0 Å². The lowest BCUT2D eigenvalue weighted by Crippen LogP contribution is -2.23. The van der Waals surface area contributed by atoms with E-state index in [9.17, 15) is 9.18 Å². The van der Waals surface area contributed by atoms with Crippen LogP contribution in [0, 0.1) is 11.7 Å². The smallest absolute Gasteiger partial charge is 0.306 e. The fraction of sp³-hybridized carbons (Fsp3) is 0.417. The molecule has 1 aliphatic carbocycles. The Morgan fingerprint density at radius 3 is 2.88 bits per heavy atom. The van der Waals surface area contributed by atoms with Gasteiger partial charge in [0, 0.05) is 5.56 Å². The van der Waals surface area contributed by atoms with Gasteiger partial charge in [-0.15, -0.1) is 0 Å². The molecule has 16 heavy (non-hydrogen) atoms. The van der Waals surface area contributed by atoms with Crippen molar-refractivity contribution in [1.29, 1.82) is 0 Å². The van der Waals surface area contributed by atoms with Crippen LogP contribution < -0.4 is 4.74 Å². The second-order valence-electron chi connectivity index (χ2n) is 3.98. The SMILES string of the molecule is COc1ccc(F)c2c1CC(C(=O)O)CC2. The van der Waals surface area contributed by atoms with E-state index in [1.807, 2.05) is 0 Å². The monoisotopic (exact) mass is 224 g/mol. The fourth-order valence-corrected chi connectivity index (χ4v) is 2.21. The first-order chi connectivity index (χ1) is 7.63. The predicted octanol–water partition coefficient (Wildman–Crippen LogP) is 2.02. The van der Waals surface area contributed by atoms with E-state index in [1.165, 1.54) is 13.2 Å². The van der Waals surface area contributed by atoms with Gasteiger partial charge in [-0.2, -0.15) is 0 Å². The minimum Gasteiger partial charge on any atom is -0.496 e. The van der Waals surface area contributed by atoms with Crippen LogP contribution in [-0.4, -0.2) is 18.2 Å². The van der Waals surface area contributed by atoms with Gasteiger partial charge in [-0.25, -0.2) is 4.39 Å². The number of hydrogen-bond acceptors (Lipinski definition) is 2. The Bertz CT molecular complexity index is 429. The number of rotatable bonds is 2. The van der Waals surface area contributed by atoms with Crippen LogP contribution >= 0.6 is 0 Å². The number of benzene rings is 1. The zero-order valence-corrected chi connectivity index (χ0v) is 9.00. The van der Waals surface area contributed by atoms with E-state index in [0.717, 1.165) is 0 Å². The van der Waals surface area contributed by atoms with Crippen molar-refractivity contribution >= 4 is 5.97 Å². The number of carbonyl (C=O) groups is 1. The highest BCUT2D eigenvalue weighted by Gasteiger charge is 2.28. The summed E-state index contributed by atoms with van der Waals surface area (Å²) in [6.45, 7) is 0. The Labute approximate surface area is 92.9 Å². The van der Waals surface area contributed by atoms with Gasteiger partial charge in [0.2, 0.25) is 0 Å². The molecule has 86 valence electrons. The molecule has 1 aromatic rings. The number of methoxy groups -OCH3 is 1. The predicted molar refractivity (Wildman–Crippen MR) is 56.1 cm³/mol. The molecule has 0 spiro atoms. The molecule has 0 aliphatic heterocycles. The average molecular weight is 224 g/mol. The Morgan fingerprint density at radius 2 is 2.25 bits per heavy atom. The molecule has 1 atom stereocenters. The Kier molecular flexibility index (Phi) is 2.81. The lowest BCUT2D eigenvalue weighted by Gasteiger charge is -2.23. The molecular weight excluding hydrogens is 211 g/mol. The molecule has 1 aromatic carbocycles. The summed E-state index contributed by atoms with van der Waals surface area (Å²) in [5.41, 5.74) is 1.32. The van der Waals surface area contributed by atoms with Gasteiger partial charge in [-0.3, -0.25) is 4.79 Å². The van der Waals surface area contributed by atoms with E-state index in [1.54, 1.807) is 6.07 Å². The van der Waals surface area contributed by atoms with Crippen LogP contribution in [0.15, 0.2) is 12.1 Å². The third kappa shape index (κ3) is 1.75. The maximum Gasteiger partial charge on any atom is 0.306 e. The number of hydrogen-bond donors (Lipinski definition) is 1. The Balaban J connectivity index is 2.42. The summed E-state index contributed by atoms with van der Waals surface area (Å²) >= 11 is 0. The zero-order chi connectivity index (χ0) is 11.7.